The van der Waals surface area contributed by atoms with Crippen molar-refractivity contribution in [2.24, 2.45) is 0 Å². The molecule has 2 rings (SSSR count). The summed E-state index contributed by atoms with van der Waals surface area (Å²) >= 11 is 0. The van der Waals surface area contributed by atoms with E-state index < -0.39 is 48.0 Å². The number of benzene rings is 1. The number of aromatic hydroxyl groups is 1. The number of nitrogens with zero attached hydrogens (tertiary/aromatic N) is 1. The molecule has 15 heavy (non-hydrogen) atoms. The number of phenolic OH excluding ortho intramolecular Hbond substituents is 1. The van der Waals surface area contributed by atoms with E-state index in [1.165, 1.54) is 0 Å². The third-order valence-corrected chi connectivity index (χ3v) is 1.75. The molecule has 0 amide bonds. The first-order chi connectivity index (χ1) is 10.1. The zero-order valence-electron chi connectivity index (χ0n) is 14.5. The van der Waals surface area contributed by atoms with Gasteiger partial charge in [-0.2, -0.15) is 0 Å². The number of pyridine rings is 1. The Morgan fingerprint density at radius 2 is 2.07 bits per heavy atom. The van der Waals surface area contributed by atoms with Crippen LogP contribution >= 0.6 is 0 Å². The van der Waals surface area contributed by atoms with Crippen molar-refractivity contribution in [2.45, 2.75) is 6.85 Å². The summed E-state index contributed by atoms with van der Waals surface area (Å²) in [5, 5.41) is 9.50. The van der Waals surface area contributed by atoms with Crippen LogP contribution < -0.4 is 5.56 Å². The van der Waals surface area contributed by atoms with Gasteiger partial charge in [0.2, 0.25) is 0 Å². The van der Waals surface area contributed by atoms with Crippen LogP contribution in [0.5, 0.6) is 5.75 Å². The number of phenols is 1. The fraction of sp³-hybridized carbons (Fsp3) is 0.0833. The second kappa shape index (κ2) is 3.61. The molecule has 1 aromatic carbocycles. The minimum Gasteiger partial charge on any atom is -0.508 e. The molecule has 3 heteroatoms. The van der Waals surface area contributed by atoms with E-state index >= 15 is 0 Å². The van der Waals surface area contributed by atoms with Gasteiger partial charge >= 0.3 is 0 Å². The van der Waals surface area contributed by atoms with Crippen LogP contribution in [-0.2, 0) is 0 Å². The normalized spacial score (nSPS) is 17.7. The molecule has 0 bridgehead atoms. The van der Waals surface area contributed by atoms with Gasteiger partial charge in [-0.15, -0.1) is 0 Å². The second-order valence-electron chi connectivity index (χ2n) is 2.82. The quantitative estimate of drug-likeness (QED) is 0.777. The van der Waals surface area contributed by atoms with E-state index in [9.17, 15) is 9.90 Å². The molecule has 76 valence electrons. The molecule has 2 aromatic rings. The molecule has 0 fully saturated rings. The van der Waals surface area contributed by atoms with Crippen LogP contribution in [0, 0.1) is 6.85 Å². The lowest BCUT2D eigenvalue weighted by Crippen LogP contribution is -2.16. The van der Waals surface area contributed by atoms with Crippen LogP contribution in [0.2, 0.25) is 0 Å². The Labute approximate surface area is 97.1 Å². The zero-order valence-corrected chi connectivity index (χ0v) is 7.53. The average Bonchev–Trinajstić information content (AvgIpc) is 2.44. The van der Waals surface area contributed by atoms with E-state index in [2.05, 4.69) is 0 Å². The van der Waals surface area contributed by atoms with Crippen molar-refractivity contribution in [3.63, 3.8) is 0 Å². The minimum absolute atomic E-state index is 0.183. The highest BCUT2D eigenvalue weighted by molar-refractivity contribution is 5.37. The third kappa shape index (κ3) is 1.91. The van der Waals surface area contributed by atoms with Gasteiger partial charge in [0, 0.05) is 22.1 Å². The van der Waals surface area contributed by atoms with Crippen LogP contribution in [0.3, 0.4) is 0 Å². The topological polar surface area (TPSA) is 42.2 Å². The van der Waals surface area contributed by atoms with Gasteiger partial charge in [0.05, 0.1) is 5.48 Å². The lowest BCUT2D eigenvalue weighted by Gasteiger charge is -2.05. The zero-order chi connectivity index (χ0) is 16.8. The smallest absolute Gasteiger partial charge is 0.255 e. The van der Waals surface area contributed by atoms with E-state index in [0.717, 1.165) is 22.9 Å². The third-order valence-electron chi connectivity index (χ3n) is 1.75. The van der Waals surface area contributed by atoms with Gasteiger partial charge in [-0.25, -0.2) is 0 Å². The molecule has 1 heterocycles. The molecular weight excluding hydrogens is 190 g/mol. The summed E-state index contributed by atoms with van der Waals surface area (Å²) in [6.07, 6.45) is 0.955. The lowest BCUT2D eigenvalue weighted by molar-refractivity contribution is 0.475. The summed E-state index contributed by atoms with van der Waals surface area (Å²) in [4.78, 5) is 11.9. The first-order valence-corrected chi connectivity index (χ1v) is 4.08. The average molecular weight is 208 g/mol. The van der Waals surface area contributed by atoms with Gasteiger partial charge in [-0.05, 0) is 36.6 Å². The first-order valence-electron chi connectivity index (χ1n) is 7.58. The maximum atomic E-state index is 11.9. The fourth-order valence-corrected chi connectivity index (χ4v) is 1.08. The molecule has 0 radical (unpaired) electrons. The maximum Gasteiger partial charge on any atom is 0.255 e. The van der Waals surface area contributed by atoms with Crippen LogP contribution in [0.15, 0.2) is 47.3 Å². The van der Waals surface area contributed by atoms with Gasteiger partial charge in [0.1, 0.15) is 5.75 Å². The number of rotatable bonds is 1. The van der Waals surface area contributed by atoms with Crippen molar-refractivity contribution < 1.29 is 14.7 Å². The summed E-state index contributed by atoms with van der Waals surface area (Å²) in [6.45, 7) is -2.50. The first kappa shape index (κ1) is 4.23. The standard InChI is InChI=1S/C12H11NO2/c1-9-2-7-12(15)13(8-9)10-3-5-11(14)6-4-10/h2-8,14H,1H3/i1D3,3D,4D,5D,6D. The Bertz CT molecular complexity index is 781. The van der Waals surface area contributed by atoms with Crippen LogP contribution in [0.1, 0.15) is 15.2 Å². The predicted octanol–water partition coefficient (Wildman–Crippen LogP) is 1.85. The van der Waals surface area contributed by atoms with Crippen LogP contribution in [-0.4, -0.2) is 9.67 Å². The number of hydrogen-bond acceptors (Lipinski definition) is 2. The summed E-state index contributed by atoms with van der Waals surface area (Å²) in [5.41, 5.74) is -1.31. The highest BCUT2D eigenvalue weighted by Crippen LogP contribution is 2.12. The van der Waals surface area contributed by atoms with Crippen LogP contribution in [0.4, 0.5) is 0 Å². The molecule has 0 atom stereocenters. The van der Waals surface area contributed by atoms with Gasteiger partial charge in [-0.1, -0.05) is 6.07 Å². The van der Waals surface area contributed by atoms with Crippen molar-refractivity contribution in [1.82, 2.24) is 4.57 Å². The summed E-state index contributed by atoms with van der Waals surface area (Å²) in [6, 6.07) is -0.598. The SMILES string of the molecule is [2H]c1c([2H])c(-n2cc(C([2H])([2H])[2H])ccc2=O)c([2H])c([2H])c1O. The fourth-order valence-electron chi connectivity index (χ4n) is 1.08. The van der Waals surface area contributed by atoms with Crippen LogP contribution in [0.25, 0.3) is 5.69 Å². The van der Waals surface area contributed by atoms with E-state index in [-0.39, 0.29) is 5.56 Å². The Morgan fingerprint density at radius 1 is 1.33 bits per heavy atom. The molecule has 0 unspecified atom stereocenters. The number of hydrogen-bond donors (Lipinski definition) is 1. The van der Waals surface area contributed by atoms with Gasteiger partial charge in [0.25, 0.3) is 5.56 Å². The van der Waals surface area contributed by atoms with Crippen molar-refractivity contribution in [2.75, 3.05) is 0 Å². The predicted molar refractivity (Wildman–Crippen MR) is 58.4 cm³/mol. The van der Waals surface area contributed by atoms with Crippen molar-refractivity contribution >= 4 is 0 Å². The molecule has 0 aliphatic rings. The minimum atomic E-state index is -2.50. The summed E-state index contributed by atoms with van der Waals surface area (Å²) in [7, 11) is 0. The summed E-state index contributed by atoms with van der Waals surface area (Å²) < 4.78 is 53.4. The molecule has 1 aromatic heterocycles. The molecule has 0 spiro atoms. The van der Waals surface area contributed by atoms with Gasteiger partial charge < -0.3 is 5.11 Å². The Balaban J connectivity index is 2.86. The number of aromatic nitrogens is 1. The highest BCUT2D eigenvalue weighted by atomic mass is 16.3. The highest BCUT2D eigenvalue weighted by Gasteiger charge is 1.99. The molecular formula is C12H11NO2. The van der Waals surface area contributed by atoms with Gasteiger partial charge in [-0.3, -0.25) is 9.36 Å². The Hall–Kier alpha value is -2.03. The Morgan fingerprint density at radius 3 is 2.73 bits per heavy atom. The van der Waals surface area contributed by atoms with Crippen molar-refractivity contribution in [3.05, 3.63) is 58.4 Å². The molecule has 3 nitrogen and oxygen atoms in total. The molecule has 0 aliphatic carbocycles. The molecule has 0 saturated heterocycles. The largest absolute Gasteiger partial charge is 0.508 e. The van der Waals surface area contributed by atoms with E-state index in [0.29, 0.717) is 0 Å². The monoisotopic (exact) mass is 208 g/mol. The van der Waals surface area contributed by atoms with Crippen molar-refractivity contribution in [3.8, 4) is 11.4 Å². The Kier molecular flexibility index (Phi) is 1.02. The number of aryl methyl sites for hydroxylation is 1. The van der Waals surface area contributed by atoms with Crippen molar-refractivity contribution in [1.29, 1.82) is 0 Å². The summed E-state index contributed by atoms with van der Waals surface area (Å²) in [5.74, 6) is -0.834. The molecule has 0 saturated carbocycles. The van der Waals surface area contributed by atoms with E-state index in [1.807, 2.05) is 0 Å². The maximum absolute atomic E-state index is 11.9. The molecule has 1 N–H and O–H groups in total. The van der Waals surface area contributed by atoms with Gasteiger partial charge in [0.15, 0.2) is 0 Å². The second-order valence-corrected chi connectivity index (χ2v) is 2.82. The van der Waals surface area contributed by atoms with E-state index in [4.69, 9.17) is 9.60 Å². The lowest BCUT2D eigenvalue weighted by atomic mass is 10.2. The van der Waals surface area contributed by atoms with E-state index in [1.54, 1.807) is 0 Å². The molecule has 0 aliphatic heterocycles.